The SMILES string of the molecule is CCCCCCCC/C=C\CCCCCCCCCCCCN(C)CC(=O)O. The molecule has 1 N–H and O–H groups in total. The van der Waals surface area contributed by atoms with E-state index in [2.05, 4.69) is 19.1 Å². The summed E-state index contributed by atoms with van der Waals surface area (Å²) in [6.45, 7) is 3.34. The first kappa shape index (κ1) is 27.2. The third-order valence-corrected chi connectivity index (χ3v) is 5.46. The quantitative estimate of drug-likeness (QED) is 0.151. The van der Waals surface area contributed by atoms with Gasteiger partial charge < -0.3 is 5.11 Å². The number of nitrogens with zero attached hydrogens (tertiary/aromatic N) is 1. The van der Waals surface area contributed by atoms with Crippen LogP contribution in [0.1, 0.15) is 122 Å². The standard InChI is InChI=1S/C25H49NO2/c1-3-4-5-6-7-8-9-10-11-12-13-14-15-16-17-18-19-20-21-22-23-26(2)24-25(27)28/h10-11H,3-9,12-24H2,1-2H3,(H,27,28)/b11-10-. The van der Waals surface area contributed by atoms with Crippen LogP contribution in [0.25, 0.3) is 0 Å². The fourth-order valence-electron chi connectivity index (χ4n) is 3.65. The average molecular weight is 396 g/mol. The summed E-state index contributed by atoms with van der Waals surface area (Å²) in [6, 6.07) is 0. The molecule has 0 amide bonds. The van der Waals surface area contributed by atoms with Crippen LogP contribution in [0.15, 0.2) is 12.2 Å². The predicted octanol–water partition coefficient (Wildman–Crippen LogP) is 7.60. The Labute approximate surface area is 176 Å². The van der Waals surface area contributed by atoms with E-state index >= 15 is 0 Å². The number of allylic oxidation sites excluding steroid dienone is 2. The van der Waals surface area contributed by atoms with Crippen molar-refractivity contribution in [1.82, 2.24) is 4.90 Å². The Bertz CT molecular complexity index is 354. The number of hydrogen-bond donors (Lipinski definition) is 1. The number of carboxylic acids is 1. The van der Waals surface area contributed by atoms with Gasteiger partial charge in [-0.05, 0) is 45.7 Å². The van der Waals surface area contributed by atoms with E-state index in [1.165, 1.54) is 109 Å². The van der Waals surface area contributed by atoms with Gasteiger partial charge in [-0.3, -0.25) is 9.69 Å². The van der Waals surface area contributed by atoms with Crippen molar-refractivity contribution in [2.45, 2.75) is 122 Å². The van der Waals surface area contributed by atoms with E-state index in [4.69, 9.17) is 5.11 Å². The summed E-state index contributed by atoms with van der Waals surface area (Å²) < 4.78 is 0. The second kappa shape index (κ2) is 22.5. The molecule has 28 heavy (non-hydrogen) atoms. The Morgan fingerprint density at radius 2 is 1.07 bits per heavy atom. The zero-order chi connectivity index (χ0) is 20.7. The molecule has 0 aliphatic heterocycles. The number of aliphatic carboxylic acids is 1. The molecule has 3 nitrogen and oxygen atoms in total. The second-order valence-corrected chi connectivity index (χ2v) is 8.48. The van der Waals surface area contributed by atoms with E-state index < -0.39 is 5.97 Å². The molecule has 166 valence electrons. The number of carboxylic acid groups (broad SMARTS) is 1. The summed E-state index contributed by atoms with van der Waals surface area (Å²) in [4.78, 5) is 12.5. The van der Waals surface area contributed by atoms with Gasteiger partial charge in [-0.1, -0.05) is 103 Å². The van der Waals surface area contributed by atoms with Crippen molar-refractivity contribution in [3.63, 3.8) is 0 Å². The van der Waals surface area contributed by atoms with E-state index in [1.54, 1.807) is 0 Å². The van der Waals surface area contributed by atoms with Crippen LogP contribution in [0.2, 0.25) is 0 Å². The van der Waals surface area contributed by atoms with Gasteiger partial charge in [0, 0.05) is 0 Å². The number of rotatable bonds is 22. The molecule has 0 heterocycles. The maximum Gasteiger partial charge on any atom is 0.317 e. The number of unbranched alkanes of at least 4 members (excludes halogenated alkanes) is 16. The summed E-state index contributed by atoms with van der Waals surface area (Å²) in [5.74, 6) is -0.730. The lowest BCUT2D eigenvalue weighted by Gasteiger charge is -2.13. The van der Waals surface area contributed by atoms with Crippen LogP contribution < -0.4 is 0 Å². The van der Waals surface area contributed by atoms with Crippen molar-refractivity contribution in [2.75, 3.05) is 20.1 Å². The predicted molar refractivity (Wildman–Crippen MR) is 123 cm³/mol. The lowest BCUT2D eigenvalue weighted by atomic mass is 10.1. The van der Waals surface area contributed by atoms with Gasteiger partial charge >= 0.3 is 5.97 Å². The first-order valence-corrected chi connectivity index (χ1v) is 12.2. The van der Waals surface area contributed by atoms with Crippen molar-refractivity contribution < 1.29 is 9.90 Å². The van der Waals surface area contributed by atoms with Crippen LogP contribution in [0.3, 0.4) is 0 Å². The highest BCUT2D eigenvalue weighted by atomic mass is 16.4. The van der Waals surface area contributed by atoms with Crippen LogP contribution in [0.4, 0.5) is 0 Å². The first-order valence-electron chi connectivity index (χ1n) is 12.2. The Morgan fingerprint density at radius 1 is 0.679 bits per heavy atom. The minimum Gasteiger partial charge on any atom is -0.480 e. The number of carbonyl (C=O) groups is 1. The fraction of sp³-hybridized carbons (Fsp3) is 0.880. The monoisotopic (exact) mass is 395 g/mol. The lowest BCUT2D eigenvalue weighted by Crippen LogP contribution is -2.26. The van der Waals surface area contributed by atoms with Crippen molar-refractivity contribution in [2.24, 2.45) is 0 Å². The molecule has 3 heteroatoms. The zero-order valence-corrected chi connectivity index (χ0v) is 19.1. The molecule has 0 aromatic heterocycles. The van der Waals surface area contributed by atoms with Gasteiger partial charge in [-0.2, -0.15) is 0 Å². The molecule has 0 aliphatic rings. The van der Waals surface area contributed by atoms with E-state index in [1.807, 2.05) is 11.9 Å². The topological polar surface area (TPSA) is 40.5 Å². The fourth-order valence-corrected chi connectivity index (χ4v) is 3.65. The molecule has 0 rings (SSSR count). The molecule has 0 unspecified atom stereocenters. The van der Waals surface area contributed by atoms with Crippen LogP contribution in [0, 0.1) is 0 Å². The summed E-state index contributed by atoms with van der Waals surface area (Å²) in [6.07, 6.45) is 29.0. The Balaban J connectivity index is 3.13. The molecular formula is C25H49NO2. The third kappa shape index (κ3) is 23.2. The van der Waals surface area contributed by atoms with Crippen LogP contribution in [-0.4, -0.2) is 36.1 Å². The number of hydrogen-bond acceptors (Lipinski definition) is 2. The summed E-state index contributed by atoms with van der Waals surface area (Å²) in [5.41, 5.74) is 0. The van der Waals surface area contributed by atoms with Gasteiger partial charge in [0.05, 0.1) is 6.54 Å². The van der Waals surface area contributed by atoms with E-state index in [0.717, 1.165) is 13.0 Å². The van der Waals surface area contributed by atoms with Crippen molar-refractivity contribution in [3.8, 4) is 0 Å². The van der Waals surface area contributed by atoms with Crippen LogP contribution >= 0.6 is 0 Å². The van der Waals surface area contributed by atoms with Gasteiger partial charge in [0.25, 0.3) is 0 Å². The Kier molecular flexibility index (Phi) is 21.8. The molecule has 0 saturated heterocycles. The van der Waals surface area contributed by atoms with Gasteiger partial charge in [0.1, 0.15) is 0 Å². The molecule has 0 saturated carbocycles. The van der Waals surface area contributed by atoms with E-state index in [9.17, 15) is 4.79 Å². The summed E-state index contributed by atoms with van der Waals surface area (Å²) in [5, 5.41) is 8.70. The van der Waals surface area contributed by atoms with Gasteiger partial charge in [0.15, 0.2) is 0 Å². The minimum atomic E-state index is -0.730. The molecule has 0 aromatic carbocycles. The van der Waals surface area contributed by atoms with Crippen LogP contribution in [-0.2, 0) is 4.79 Å². The molecule has 0 aliphatic carbocycles. The molecular weight excluding hydrogens is 346 g/mol. The van der Waals surface area contributed by atoms with E-state index in [0.29, 0.717) is 0 Å². The summed E-state index contributed by atoms with van der Waals surface area (Å²) >= 11 is 0. The maximum absolute atomic E-state index is 10.6. The Hall–Kier alpha value is -0.830. The van der Waals surface area contributed by atoms with Gasteiger partial charge in [-0.25, -0.2) is 0 Å². The summed E-state index contributed by atoms with van der Waals surface area (Å²) in [7, 11) is 1.89. The van der Waals surface area contributed by atoms with E-state index in [-0.39, 0.29) is 6.54 Å². The number of likely N-dealkylation sites (N-methyl/N-ethyl adjacent to an activating group) is 1. The molecule has 0 radical (unpaired) electrons. The minimum absolute atomic E-state index is 0.162. The average Bonchev–Trinajstić information content (AvgIpc) is 2.66. The Morgan fingerprint density at radius 3 is 1.50 bits per heavy atom. The van der Waals surface area contributed by atoms with Gasteiger partial charge in [-0.15, -0.1) is 0 Å². The molecule has 0 bridgehead atoms. The molecule has 0 aromatic rings. The second-order valence-electron chi connectivity index (χ2n) is 8.48. The third-order valence-electron chi connectivity index (χ3n) is 5.46. The van der Waals surface area contributed by atoms with Crippen molar-refractivity contribution >= 4 is 5.97 Å². The molecule has 0 atom stereocenters. The van der Waals surface area contributed by atoms with Crippen LogP contribution in [0.5, 0.6) is 0 Å². The highest BCUT2D eigenvalue weighted by Crippen LogP contribution is 2.12. The highest BCUT2D eigenvalue weighted by molar-refractivity contribution is 5.68. The normalized spacial score (nSPS) is 11.7. The van der Waals surface area contributed by atoms with Crippen molar-refractivity contribution in [3.05, 3.63) is 12.2 Å². The molecule has 0 fully saturated rings. The maximum atomic E-state index is 10.6. The molecule has 0 spiro atoms. The lowest BCUT2D eigenvalue weighted by molar-refractivity contribution is -0.137. The zero-order valence-electron chi connectivity index (χ0n) is 19.1. The first-order chi connectivity index (χ1) is 13.7. The van der Waals surface area contributed by atoms with Gasteiger partial charge in [0.2, 0.25) is 0 Å². The van der Waals surface area contributed by atoms with Crippen molar-refractivity contribution in [1.29, 1.82) is 0 Å². The smallest absolute Gasteiger partial charge is 0.317 e. The largest absolute Gasteiger partial charge is 0.480 e. The highest BCUT2D eigenvalue weighted by Gasteiger charge is 2.02.